The molecular formula is C20H19ClN2O3S. The van der Waals surface area contributed by atoms with E-state index in [9.17, 15) is 4.79 Å². The van der Waals surface area contributed by atoms with Crippen LogP contribution in [0, 0.1) is 0 Å². The smallest absolute Gasteiger partial charge is 0.252 e. The first-order valence-corrected chi connectivity index (χ1v) is 9.43. The second-order valence-electron chi connectivity index (χ2n) is 5.76. The Labute approximate surface area is 166 Å². The van der Waals surface area contributed by atoms with Crippen molar-refractivity contribution in [1.82, 2.24) is 4.57 Å². The molecule has 0 unspecified atom stereocenters. The Morgan fingerprint density at radius 1 is 1.26 bits per heavy atom. The number of nitrogens with zero attached hydrogens (tertiary/aromatic N) is 2. The molecule has 0 radical (unpaired) electrons. The fourth-order valence-electron chi connectivity index (χ4n) is 2.74. The third-order valence-electron chi connectivity index (χ3n) is 4.01. The molecule has 0 aliphatic rings. The maximum atomic E-state index is 12.6. The maximum Gasteiger partial charge on any atom is 0.252 e. The van der Waals surface area contributed by atoms with Crippen LogP contribution in [0.5, 0.6) is 11.5 Å². The molecule has 5 nitrogen and oxygen atoms in total. The first-order valence-electron chi connectivity index (χ1n) is 8.24. The van der Waals surface area contributed by atoms with Gasteiger partial charge < -0.3 is 14.0 Å². The highest BCUT2D eigenvalue weighted by Gasteiger charge is 2.11. The summed E-state index contributed by atoms with van der Waals surface area (Å²) in [7, 11) is 3.15. The van der Waals surface area contributed by atoms with Gasteiger partial charge in [-0.05, 0) is 24.3 Å². The lowest BCUT2D eigenvalue weighted by Crippen LogP contribution is -2.17. The van der Waals surface area contributed by atoms with E-state index >= 15 is 0 Å². The van der Waals surface area contributed by atoms with E-state index in [1.54, 1.807) is 32.4 Å². The topological polar surface area (TPSA) is 52.8 Å². The van der Waals surface area contributed by atoms with Gasteiger partial charge in [0.25, 0.3) is 5.91 Å². The zero-order chi connectivity index (χ0) is 19.4. The molecule has 27 heavy (non-hydrogen) atoms. The van der Waals surface area contributed by atoms with Gasteiger partial charge in [0, 0.05) is 23.2 Å². The first kappa shape index (κ1) is 19.2. The molecule has 3 rings (SSSR count). The highest BCUT2D eigenvalue weighted by atomic mass is 35.5. The standard InChI is InChI=1S/C20H19ClN2O3S/c1-4-9-23-16-8-6-14(21)11-18(16)27-20(23)22-19(24)10-13-5-7-15(25-2)12-17(13)26-3/h4-8,11-12H,1,9-10H2,2-3H3. The van der Waals surface area contributed by atoms with Crippen LogP contribution in [0.25, 0.3) is 10.2 Å². The van der Waals surface area contributed by atoms with Crippen molar-refractivity contribution in [3.05, 3.63) is 64.4 Å². The molecule has 1 heterocycles. The number of aromatic nitrogens is 1. The summed E-state index contributed by atoms with van der Waals surface area (Å²) in [6.07, 6.45) is 1.91. The van der Waals surface area contributed by atoms with Crippen LogP contribution in [-0.2, 0) is 17.8 Å². The Morgan fingerprint density at radius 2 is 2.07 bits per heavy atom. The number of carbonyl (C=O) groups excluding carboxylic acids is 1. The number of carbonyl (C=O) groups is 1. The number of allylic oxidation sites excluding steroid dienone is 1. The third kappa shape index (κ3) is 4.23. The average molecular weight is 403 g/mol. The van der Waals surface area contributed by atoms with Gasteiger partial charge in [0.05, 0.1) is 30.9 Å². The molecule has 0 saturated carbocycles. The number of hydrogen-bond acceptors (Lipinski definition) is 4. The van der Waals surface area contributed by atoms with Crippen molar-refractivity contribution in [2.75, 3.05) is 14.2 Å². The largest absolute Gasteiger partial charge is 0.497 e. The highest BCUT2D eigenvalue weighted by Crippen LogP contribution is 2.25. The van der Waals surface area contributed by atoms with E-state index in [1.807, 2.05) is 28.8 Å². The minimum atomic E-state index is -0.256. The normalized spacial score (nSPS) is 11.6. The van der Waals surface area contributed by atoms with Crippen LogP contribution < -0.4 is 14.3 Å². The maximum absolute atomic E-state index is 12.6. The van der Waals surface area contributed by atoms with Crippen LogP contribution >= 0.6 is 22.9 Å². The Morgan fingerprint density at radius 3 is 2.78 bits per heavy atom. The average Bonchev–Trinajstić information content (AvgIpc) is 2.98. The molecule has 0 bridgehead atoms. The predicted octanol–water partition coefficient (Wildman–Crippen LogP) is 4.23. The van der Waals surface area contributed by atoms with Crippen LogP contribution in [-0.4, -0.2) is 24.7 Å². The van der Waals surface area contributed by atoms with Gasteiger partial charge in [0.2, 0.25) is 0 Å². The summed E-state index contributed by atoms with van der Waals surface area (Å²) in [6, 6.07) is 11.0. The number of fused-ring (bicyclic) bond motifs is 1. The van der Waals surface area contributed by atoms with Crippen molar-refractivity contribution >= 4 is 39.1 Å². The molecule has 0 aliphatic carbocycles. The second-order valence-corrected chi connectivity index (χ2v) is 7.20. The van der Waals surface area contributed by atoms with Crippen molar-refractivity contribution in [3.8, 4) is 11.5 Å². The summed E-state index contributed by atoms with van der Waals surface area (Å²) in [4.78, 5) is 17.5. The number of thiazole rings is 1. The molecule has 2 aromatic carbocycles. The summed E-state index contributed by atoms with van der Waals surface area (Å²) in [5, 5.41) is 0.648. The van der Waals surface area contributed by atoms with Crippen molar-refractivity contribution in [3.63, 3.8) is 0 Å². The van der Waals surface area contributed by atoms with E-state index < -0.39 is 0 Å². The van der Waals surface area contributed by atoms with E-state index in [4.69, 9.17) is 21.1 Å². The molecule has 1 amide bonds. The number of hydrogen-bond donors (Lipinski definition) is 0. The quantitative estimate of drug-likeness (QED) is 0.580. The number of benzene rings is 2. The lowest BCUT2D eigenvalue weighted by atomic mass is 10.1. The van der Waals surface area contributed by atoms with E-state index in [0.29, 0.717) is 27.9 Å². The molecule has 140 valence electrons. The molecule has 7 heteroatoms. The minimum Gasteiger partial charge on any atom is -0.497 e. The van der Waals surface area contributed by atoms with Crippen LogP contribution in [0.15, 0.2) is 54.0 Å². The molecular weight excluding hydrogens is 384 g/mol. The minimum absolute atomic E-state index is 0.135. The fraction of sp³-hybridized carbons (Fsp3) is 0.200. The van der Waals surface area contributed by atoms with E-state index in [-0.39, 0.29) is 12.3 Å². The Balaban J connectivity index is 1.98. The van der Waals surface area contributed by atoms with E-state index in [1.165, 1.54) is 11.3 Å². The van der Waals surface area contributed by atoms with Gasteiger partial charge in [-0.2, -0.15) is 4.99 Å². The number of ether oxygens (including phenoxy) is 2. The number of methoxy groups -OCH3 is 2. The zero-order valence-corrected chi connectivity index (χ0v) is 16.6. The third-order valence-corrected chi connectivity index (χ3v) is 5.29. The Kier molecular flexibility index (Phi) is 5.98. The van der Waals surface area contributed by atoms with Crippen molar-refractivity contribution in [1.29, 1.82) is 0 Å². The van der Waals surface area contributed by atoms with Gasteiger partial charge in [-0.15, -0.1) is 6.58 Å². The summed E-state index contributed by atoms with van der Waals surface area (Å²) in [5.41, 5.74) is 1.73. The molecule has 0 atom stereocenters. The second kappa shape index (κ2) is 8.41. The van der Waals surface area contributed by atoms with Crippen molar-refractivity contribution in [2.45, 2.75) is 13.0 Å². The molecule has 0 fully saturated rings. The van der Waals surface area contributed by atoms with Crippen LogP contribution in [0.4, 0.5) is 0 Å². The monoisotopic (exact) mass is 402 g/mol. The fourth-order valence-corrected chi connectivity index (χ4v) is 4.08. The van der Waals surface area contributed by atoms with Gasteiger partial charge in [0.15, 0.2) is 4.80 Å². The van der Waals surface area contributed by atoms with Crippen molar-refractivity contribution in [2.24, 2.45) is 4.99 Å². The number of rotatable bonds is 6. The summed E-state index contributed by atoms with van der Waals surface area (Å²) in [5.74, 6) is 1.01. The SMILES string of the molecule is C=CCn1c(=NC(=O)Cc2ccc(OC)cc2OC)sc2cc(Cl)ccc21. The van der Waals surface area contributed by atoms with E-state index in [2.05, 4.69) is 11.6 Å². The molecule has 0 N–H and O–H groups in total. The highest BCUT2D eigenvalue weighted by molar-refractivity contribution is 7.16. The van der Waals surface area contributed by atoms with Gasteiger partial charge in [0.1, 0.15) is 11.5 Å². The summed E-state index contributed by atoms with van der Waals surface area (Å²) < 4.78 is 13.5. The van der Waals surface area contributed by atoms with Gasteiger partial charge in [-0.1, -0.05) is 35.1 Å². The predicted molar refractivity (Wildman–Crippen MR) is 109 cm³/mol. The lowest BCUT2D eigenvalue weighted by Gasteiger charge is -2.08. The van der Waals surface area contributed by atoms with Crippen molar-refractivity contribution < 1.29 is 14.3 Å². The molecule has 0 spiro atoms. The van der Waals surface area contributed by atoms with E-state index in [0.717, 1.165) is 15.8 Å². The van der Waals surface area contributed by atoms with Crippen LogP contribution in [0.2, 0.25) is 5.02 Å². The lowest BCUT2D eigenvalue weighted by molar-refractivity contribution is -0.117. The molecule has 0 aliphatic heterocycles. The first-order chi connectivity index (χ1) is 13.0. The van der Waals surface area contributed by atoms with Crippen LogP contribution in [0.3, 0.4) is 0 Å². The van der Waals surface area contributed by atoms with Crippen LogP contribution in [0.1, 0.15) is 5.56 Å². The zero-order valence-electron chi connectivity index (χ0n) is 15.1. The molecule has 1 aromatic heterocycles. The molecule has 3 aromatic rings. The Hall–Kier alpha value is -2.57. The van der Waals surface area contributed by atoms with Gasteiger partial charge >= 0.3 is 0 Å². The molecule has 0 saturated heterocycles. The Bertz CT molecular complexity index is 1070. The van der Waals surface area contributed by atoms with Gasteiger partial charge in [-0.3, -0.25) is 4.79 Å². The number of halogens is 1. The summed E-state index contributed by atoms with van der Waals surface area (Å²) in [6.45, 7) is 4.34. The summed E-state index contributed by atoms with van der Waals surface area (Å²) >= 11 is 7.51. The van der Waals surface area contributed by atoms with Gasteiger partial charge in [-0.25, -0.2) is 0 Å². The number of amides is 1.